The van der Waals surface area contributed by atoms with Crippen LogP contribution in [0.4, 0.5) is 22.0 Å². The second-order valence-electron chi connectivity index (χ2n) is 17.3. The molecule has 0 radical (unpaired) electrons. The molecule has 4 aromatic rings. The second kappa shape index (κ2) is 19.7. The largest absolute Gasteiger partial charge is 0.356 e. The number of pyridine rings is 1. The number of piperidine rings is 6. The van der Waals surface area contributed by atoms with Crippen LogP contribution in [0.3, 0.4) is 0 Å². The van der Waals surface area contributed by atoms with E-state index in [1.165, 1.54) is 120 Å². The fraction of sp³-hybridized carbons (Fsp3) is 0.698. The Morgan fingerprint density at radius 2 is 0.931 bits per heavy atom. The lowest BCUT2D eigenvalue weighted by Gasteiger charge is -2.40. The van der Waals surface area contributed by atoms with E-state index in [1.54, 1.807) is 11.3 Å². The van der Waals surface area contributed by atoms with Crippen molar-refractivity contribution in [1.82, 2.24) is 45.1 Å². The van der Waals surface area contributed by atoms with Crippen molar-refractivity contribution in [1.29, 1.82) is 0 Å². The maximum absolute atomic E-state index is 4.62. The van der Waals surface area contributed by atoms with Gasteiger partial charge >= 0.3 is 0 Å². The lowest BCUT2D eigenvalue weighted by Crippen LogP contribution is -2.46. The van der Waals surface area contributed by atoms with Crippen molar-refractivity contribution in [3.8, 4) is 0 Å². The Morgan fingerprint density at radius 1 is 0.431 bits per heavy atom. The summed E-state index contributed by atoms with van der Waals surface area (Å²) in [5.74, 6) is 2.83. The first kappa shape index (κ1) is 39.9. The normalized spacial score (nSPS) is 24.8. The molecular weight excluding hydrogens is 763 g/mol. The molecule has 0 N–H and O–H groups in total. The van der Waals surface area contributed by atoms with Crippen molar-refractivity contribution in [3.05, 3.63) is 52.9 Å². The molecule has 2 atom stereocenters. The zero-order valence-corrected chi connectivity index (χ0v) is 36.0. The number of anilines is 4. The van der Waals surface area contributed by atoms with Crippen molar-refractivity contribution in [2.75, 3.05) is 98.1 Å². The van der Waals surface area contributed by atoms with Crippen LogP contribution in [0.2, 0.25) is 0 Å². The zero-order valence-electron chi connectivity index (χ0n) is 34.4. The molecule has 0 aromatic carbocycles. The van der Waals surface area contributed by atoms with Gasteiger partial charge in [0.05, 0.1) is 0 Å². The highest BCUT2D eigenvalue weighted by atomic mass is 32.1. The molecule has 6 fully saturated rings. The van der Waals surface area contributed by atoms with E-state index < -0.39 is 0 Å². The van der Waals surface area contributed by atoms with Crippen molar-refractivity contribution in [2.24, 2.45) is 0 Å². The number of hydrogen-bond acceptors (Lipinski definition) is 15. The van der Waals surface area contributed by atoms with Gasteiger partial charge in [-0.3, -0.25) is 0 Å². The van der Waals surface area contributed by atoms with Crippen molar-refractivity contribution in [3.63, 3.8) is 0 Å². The second-order valence-corrected chi connectivity index (χ2v) is 19.3. The zero-order chi connectivity index (χ0) is 38.9. The van der Waals surface area contributed by atoms with E-state index in [-0.39, 0.29) is 0 Å². The van der Waals surface area contributed by atoms with Crippen LogP contribution in [-0.4, -0.2) is 136 Å². The van der Waals surface area contributed by atoms with Gasteiger partial charge in [-0.25, -0.2) is 15.0 Å². The number of likely N-dealkylation sites (tertiary alicyclic amines) is 2. The van der Waals surface area contributed by atoms with Crippen LogP contribution in [0.5, 0.6) is 0 Å². The molecule has 312 valence electrons. The summed E-state index contributed by atoms with van der Waals surface area (Å²) < 4.78 is 0. The minimum absolute atomic E-state index is 0.435. The van der Waals surface area contributed by atoms with Crippen LogP contribution < -0.4 is 19.6 Å². The van der Waals surface area contributed by atoms with E-state index >= 15 is 0 Å². The highest BCUT2D eigenvalue weighted by Crippen LogP contribution is 2.36. The molecule has 0 spiro atoms. The smallest absolute Gasteiger partial charge is 0.225 e. The number of rotatable bonds is 8. The Balaban J connectivity index is 0.000000150. The number of aromatic nitrogens is 7. The van der Waals surface area contributed by atoms with E-state index in [2.05, 4.69) is 76.9 Å². The Labute approximate surface area is 353 Å². The van der Waals surface area contributed by atoms with Crippen LogP contribution in [-0.2, 0) is 0 Å². The molecule has 0 unspecified atom stereocenters. The molecule has 6 aliphatic heterocycles. The SMILES string of the molecule is c1ccc(N2CCC[C@@H](c3nnc(N4CCC(N5CCCCC5)CC4)s3)C2)nc1.c1cnc(N2CCC[C@@H](c3nnc(N4CCC(N5CCCCC5)CC4)s3)C2)nc1. The molecular formula is C43H63N13S2. The predicted octanol–water partition coefficient (Wildman–Crippen LogP) is 6.94. The van der Waals surface area contributed by atoms with Crippen LogP contribution in [0.15, 0.2) is 42.9 Å². The molecule has 0 amide bonds. The van der Waals surface area contributed by atoms with Crippen molar-refractivity contribution >= 4 is 44.7 Å². The summed E-state index contributed by atoms with van der Waals surface area (Å²) in [6, 6.07) is 9.59. The van der Waals surface area contributed by atoms with Gasteiger partial charge < -0.3 is 29.4 Å². The van der Waals surface area contributed by atoms with Crippen LogP contribution in [0.25, 0.3) is 0 Å². The van der Waals surface area contributed by atoms with E-state index in [1.807, 2.05) is 42.1 Å². The van der Waals surface area contributed by atoms with Crippen LogP contribution in [0, 0.1) is 0 Å². The molecule has 10 rings (SSSR count). The topological polar surface area (TPSA) is 110 Å². The molecule has 6 saturated heterocycles. The summed E-state index contributed by atoms with van der Waals surface area (Å²) in [7, 11) is 0. The Morgan fingerprint density at radius 3 is 1.45 bits per heavy atom. The van der Waals surface area contributed by atoms with E-state index in [0.717, 1.165) is 92.9 Å². The molecule has 0 bridgehead atoms. The van der Waals surface area contributed by atoms with Crippen LogP contribution in [0.1, 0.15) is 112 Å². The molecule has 6 aliphatic rings. The first-order valence-electron chi connectivity index (χ1n) is 22.6. The van der Waals surface area contributed by atoms with Gasteiger partial charge in [0.25, 0.3) is 0 Å². The lowest BCUT2D eigenvalue weighted by atomic mass is 9.99. The maximum atomic E-state index is 4.62. The van der Waals surface area contributed by atoms with E-state index in [9.17, 15) is 0 Å². The predicted molar refractivity (Wildman–Crippen MR) is 236 cm³/mol. The third-order valence-electron chi connectivity index (χ3n) is 13.5. The third kappa shape index (κ3) is 9.90. The average molecular weight is 826 g/mol. The molecule has 58 heavy (non-hydrogen) atoms. The molecule has 4 aromatic heterocycles. The molecule has 10 heterocycles. The summed E-state index contributed by atoms with van der Waals surface area (Å²) in [5.41, 5.74) is 0. The highest BCUT2D eigenvalue weighted by Gasteiger charge is 2.31. The van der Waals surface area contributed by atoms with Gasteiger partial charge in [0.1, 0.15) is 15.8 Å². The van der Waals surface area contributed by atoms with Crippen molar-refractivity contribution < 1.29 is 0 Å². The average Bonchev–Trinajstić information content (AvgIpc) is 4.03. The highest BCUT2D eigenvalue weighted by molar-refractivity contribution is 7.15. The molecule has 13 nitrogen and oxygen atoms in total. The fourth-order valence-corrected chi connectivity index (χ4v) is 12.2. The third-order valence-corrected chi connectivity index (χ3v) is 15.8. The fourth-order valence-electron chi connectivity index (χ4n) is 10.2. The van der Waals surface area contributed by atoms with Gasteiger partial charge in [0, 0.05) is 94.9 Å². The summed E-state index contributed by atoms with van der Waals surface area (Å²) in [6.45, 7) is 13.8. The standard InChI is InChI=1S/C22H32N6S.C21H31N7S/c1-4-12-26(13-5-1)19-9-15-27(16-10-19)22-25-24-21(29-22)18-7-6-14-28(17-18)20-8-2-3-11-23-20;1-2-11-26(12-3-1)18-7-14-27(15-8-18)21-25-24-19(29-21)17-6-4-13-28(16-17)20-22-9-5-10-23-20/h2-3,8,11,18-19H,1,4-7,9-10,12-17H2;5,9-10,17-18H,1-4,6-8,11-16H2/t18-;17-/m11/s1. The van der Waals surface area contributed by atoms with Gasteiger partial charge in [-0.15, -0.1) is 20.4 Å². The summed E-state index contributed by atoms with van der Waals surface area (Å²) in [6.07, 6.45) is 23.7. The maximum Gasteiger partial charge on any atom is 0.225 e. The number of hydrogen-bond donors (Lipinski definition) is 0. The first-order chi connectivity index (χ1) is 28.7. The van der Waals surface area contributed by atoms with Gasteiger partial charge in [0.15, 0.2) is 0 Å². The van der Waals surface area contributed by atoms with Gasteiger partial charge in [-0.2, -0.15) is 0 Å². The Kier molecular flexibility index (Phi) is 13.5. The van der Waals surface area contributed by atoms with E-state index in [0.29, 0.717) is 11.8 Å². The first-order valence-corrected chi connectivity index (χ1v) is 24.2. The summed E-state index contributed by atoms with van der Waals surface area (Å²) >= 11 is 3.63. The number of nitrogens with zero attached hydrogens (tertiary/aromatic N) is 13. The van der Waals surface area contributed by atoms with Gasteiger partial charge in [-0.05, 0) is 121 Å². The lowest BCUT2D eigenvalue weighted by molar-refractivity contribution is 0.141. The Hall–Kier alpha value is -3.53. The monoisotopic (exact) mass is 825 g/mol. The van der Waals surface area contributed by atoms with Crippen molar-refractivity contribution in [2.45, 2.75) is 114 Å². The quantitative estimate of drug-likeness (QED) is 0.183. The Bertz CT molecular complexity index is 1670. The molecule has 15 heteroatoms. The van der Waals surface area contributed by atoms with Gasteiger partial charge in [-0.1, -0.05) is 41.6 Å². The summed E-state index contributed by atoms with van der Waals surface area (Å²) in [5, 5.41) is 23.0. The summed E-state index contributed by atoms with van der Waals surface area (Å²) in [4.78, 5) is 28.5. The van der Waals surface area contributed by atoms with Gasteiger partial charge in [0.2, 0.25) is 16.2 Å². The molecule has 0 saturated carbocycles. The minimum atomic E-state index is 0.435. The molecule has 0 aliphatic carbocycles. The minimum Gasteiger partial charge on any atom is -0.356 e. The van der Waals surface area contributed by atoms with E-state index in [4.69, 9.17) is 0 Å². The van der Waals surface area contributed by atoms with Crippen LogP contribution >= 0.6 is 22.7 Å².